The number of nitrogen functional groups attached to an aromatic ring is 1. The number of benzene rings is 1. The van der Waals surface area contributed by atoms with E-state index in [9.17, 15) is 14.4 Å². The first-order valence-electron chi connectivity index (χ1n) is 8.06. The van der Waals surface area contributed by atoms with Crippen molar-refractivity contribution in [1.82, 2.24) is 9.55 Å². The molecule has 1 fully saturated rings. The predicted molar refractivity (Wildman–Crippen MR) is 90.7 cm³/mol. The number of rotatable bonds is 4. The van der Waals surface area contributed by atoms with Gasteiger partial charge in [0.05, 0.1) is 6.54 Å². The van der Waals surface area contributed by atoms with Crippen LogP contribution < -0.4 is 21.9 Å². The highest BCUT2D eigenvalue weighted by molar-refractivity contribution is 6.02. The Hall–Kier alpha value is -2.83. The summed E-state index contributed by atoms with van der Waals surface area (Å²) in [7, 11) is 0. The fraction of sp³-hybridized carbons (Fsp3) is 0.353. The molecule has 0 bridgehead atoms. The van der Waals surface area contributed by atoms with Crippen LogP contribution >= 0.6 is 0 Å². The summed E-state index contributed by atoms with van der Waals surface area (Å²) in [6, 6.07) is 7.89. The van der Waals surface area contributed by atoms with E-state index in [0.29, 0.717) is 0 Å². The lowest BCUT2D eigenvalue weighted by Crippen LogP contribution is -2.38. The predicted octanol–water partition coefficient (Wildman–Crippen LogP) is 0.699. The summed E-state index contributed by atoms with van der Waals surface area (Å²) in [6.45, 7) is 0.804. The smallest absolute Gasteiger partial charge is 0.330 e. The number of hydrogen-bond donors (Lipinski definition) is 2. The second-order valence-electron chi connectivity index (χ2n) is 6.34. The van der Waals surface area contributed by atoms with Crippen molar-refractivity contribution < 1.29 is 4.79 Å². The van der Waals surface area contributed by atoms with Crippen LogP contribution in [-0.2, 0) is 6.42 Å². The minimum absolute atomic E-state index is 0.00610. The van der Waals surface area contributed by atoms with Crippen molar-refractivity contribution in [2.45, 2.75) is 25.3 Å². The lowest BCUT2D eigenvalue weighted by Gasteiger charge is -2.19. The molecule has 0 amide bonds. The standard InChI is InChI=1S/C17H18N4O3/c18-15-14(16(23)19-17(24)21(15)11-5-6-11)13(22)9-20-8-7-10-3-1-2-4-12(10)20/h1-4,11H,5-9,18H2,(H,19,23,24). The monoisotopic (exact) mass is 326 g/mol. The van der Waals surface area contributed by atoms with Crippen LogP contribution in [0.1, 0.15) is 34.8 Å². The second kappa shape index (κ2) is 5.36. The molecule has 2 aromatic rings. The van der Waals surface area contributed by atoms with Crippen molar-refractivity contribution in [2.24, 2.45) is 0 Å². The Labute approximate surface area is 137 Å². The van der Waals surface area contributed by atoms with Crippen LogP contribution in [0.4, 0.5) is 11.5 Å². The molecule has 0 saturated heterocycles. The van der Waals surface area contributed by atoms with Gasteiger partial charge in [0.25, 0.3) is 5.56 Å². The second-order valence-corrected chi connectivity index (χ2v) is 6.34. The van der Waals surface area contributed by atoms with Gasteiger partial charge in [0.1, 0.15) is 11.4 Å². The average Bonchev–Trinajstić information content (AvgIpc) is 3.28. The zero-order valence-electron chi connectivity index (χ0n) is 13.1. The first-order valence-corrected chi connectivity index (χ1v) is 8.06. The summed E-state index contributed by atoms with van der Waals surface area (Å²) in [5.41, 5.74) is 6.85. The third-order valence-corrected chi connectivity index (χ3v) is 4.69. The summed E-state index contributed by atoms with van der Waals surface area (Å²) in [4.78, 5) is 40.9. The molecule has 0 radical (unpaired) electrons. The van der Waals surface area contributed by atoms with Gasteiger partial charge in [-0.1, -0.05) is 18.2 Å². The number of Topliss-reactive ketones (excluding diaryl/α,β-unsaturated/α-hetero) is 1. The zero-order valence-corrected chi connectivity index (χ0v) is 13.1. The first-order chi connectivity index (χ1) is 11.6. The van der Waals surface area contributed by atoms with Gasteiger partial charge in [-0.2, -0.15) is 0 Å². The van der Waals surface area contributed by atoms with Gasteiger partial charge in [0, 0.05) is 18.3 Å². The van der Waals surface area contributed by atoms with Crippen LogP contribution in [0.3, 0.4) is 0 Å². The summed E-state index contributed by atoms with van der Waals surface area (Å²) in [6.07, 6.45) is 2.55. The molecule has 0 spiro atoms. The number of nitrogens with two attached hydrogens (primary N) is 1. The van der Waals surface area contributed by atoms with E-state index in [1.165, 1.54) is 10.1 Å². The molecule has 2 aliphatic rings. The number of anilines is 2. The van der Waals surface area contributed by atoms with E-state index in [-0.39, 0.29) is 29.8 Å². The molecule has 1 saturated carbocycles. The van der Waals surface area contributed by atoms with Crippen molar-refractivity contribution >= 4 is 17.3 Å². The van der Waals surface area contributed by atoms with Gasteiger partial charge in [0.2, 0.25) is 0 Å². The van der Waals surface area contributed by atoms with Gasteiger partial charge in [-0.3, -0.25) is 19.1 Å². The van der Waals surface area contributed by atoms with Gasteiger partial charge in [-0.15, -0.1) is 0 Å². The minimum atomic E-state index is -0.702. The molecule has 2 heterocycles. The van der Waals surface area contributed by atoms with Crippen molar-refractivity contribution in [2.75, 3.05) is 23.7 Å². The topological polar surface area (TPSA) is 101 Å². The molecule has 7 heteroatoms. The number of fused-ring (bicyclic) bond motifs is 1. The van der Waals surface area contributed by atoms with Gasteiger partial charge >= 0.3 is 5.69 Å². The molecule has 1 aromatic carbocycles. The van der Waals surface area contributed by atoms with Crippen LogP contribution in [0.25, 0.3) is 0 Å². The number of aromatic amines is 1. The Morgan fingerprint density at radius 2 is 2.00 bits per heavy atom. The van der Waals surface area contributed by atoms with E-state index >= 15 is 0 Å². The maximum Gasteiger partial charge on any atom is 0.330 e. The molecule has 0 atom stereocenters. The fourth-order valence-electron chi connectivity index (χ4n) is 3.35. The third kappa shape index (κ3) is 2.33. The SMILES string of the molecule is Nc1c(C(=O)CN2CCc3ccccc32)c(=O)[nH]c(=O)n1C1CC1. The number of nitrogens with one attached hydrogen (secondary N) is 1. The van der Waals surface area contributed by atoms with E-state index in [4.69, 9.17) is 5.73 Å². The van der Waals surface area contributed by atoms with Crippen LogP contribution in [-0.4, -0.2) is 28.4 Å². The highest BCUT2D eigenvalue weighted by Crippen LogP contribution is 2.35. The van der Waals surface area contributed by atoms with Crippen molar-refractivity contribution in [3.8, 4) is 0 Å². The van der Waals surface area contributed by atoms with Crippen LogP contribution in [0.5, 0.6) is 0 Å². The molecule has 0 unspecified atom stereocenters. The molecule has 1 aliphatic heterocycles. The molecular formula is C17H18N4O3. The fourth-order valence-corrected chi connectivity index (χ4v) is 3.35. The van der Waals surface area contributed by atoms with E-state index < -0.39 is 11.2 Å². The molecule has 124 valence electrons. The van der Waals surface area contributed by atoms with Crippen LogP contribution in [0, 0.1) is 0 Å². The quantitative estimate of drug-likeness (QED) is 0.805. The van der Waals surface area contributed by atoms with Gasteiger partial charge < -0.3 is 10.6 Å². The maximum atomic E-state index is 12.7. The summed E-state index contributed by atoms with van der Waals surface area (Å²) in [5.74, 6) is -0.372. The van der Waals surface area contributed by atoms with Crippen molar-refractivity contribution in [3.05, 3.63) is 56.2 Å². The van der Waals surface area contributed by atoms with E-state index in [1.54, 1.807) is 0 Å². The lowest BCUT2D eigenvalue weighted by atomic mass is 10.1. The number of para-hydroxylation sites is 1. The Bertz CT molecular complexity index is 940. The molecule has 24 heavy (non-hydrogen) atoms. The van der Waals surface area contributed by atoms with E-state index in [2.05, 4.69) is 4.98 Å². The van der Waals surface area contributed by atoms with E-state index in [1.807, 2.05) is 29.2 Å². The first kappa shape index (κ1) is 14.7. The molecule has 1 aliphatic carbocycles. The maximum absolute atomic E-state index is 12.7. The van der Waals surface area contributed by atoms with Crippen molar-refractivity contribution in [1.29, 1.82) is 0 Å². The third-order valence-electron chi connectivity index (χ3n) is 4.69. The number of carbonyl (C=O) groups is 1. The Morgan fingerprint density at radius 1 is 1.25 bits per heavy atom. The number of hydrogen-bond acceptors (Lipinski definition) is 5. The van der Waals surface area contributed by atoms with Gasteiger partial charge in [-0.05, 0) is 30.9 Å². The van der Waals surface area contributed by atoms with Crippen molar-refractivity contribution in [3.63, 3.8) is 0 Å². The Kier molecular flexibility index (Phi) is 3.30. The van der Waals surface area contributed by atoms with Crippen LogP contribution in [0.15, 0.2) is 33.9 Å². The molecule has 7 nitrogen and oxygen atoms in total. The Balaban J connectivity index is 1.68. The number of ketones is 1. The normalized spacial score (nSPS) is 16.2. The summed E-state index contributed by atoms with van der Waals surface area (Å²) < 4.78 is 1.34. The number of H-pyrrole nitrogens is 1. The number of carbonyl (C=O) groups excluding carboxylic acids is 1. The number of nitrogens with zero attached hydrogens (tertiary/aromatic N) is 2. The molecular weight excluding hydrogens is 308 g/mol. The summed E-state index contributed by atoms with van der Waals surface area (Å²) in [5, 5.41) is 0. The van der Waals surface area contributed by atoms with Gasteiger partial charge in [-0.25, -0.2) is 4.79 Å². The average molecular weight is 326 g/mol. The highest BCUT2D eigenvalue weighted by atomic mass is 16.2. The minimum Gasteiger partial charge on any atom is -0.384 e. The van der Waals surface area contributed by atoms with Crippen LogP contribution in [0.2, 0.25) is 0 Å². The molecule has 3 N–H and O–H groups in total. The highest BCUT2D eigenvalue weighted by Gasteiger charge is 2.31. The largest absolute Gasteiger partial charge is 0.384 e. The number of aromatic nitrogens is 2. The molecule has 1 aromatic heterocycles. The zero-order chi connectivity index (χ0) is 16.8. The van der Waals surface area contributed by atoms with E-state index in [0.717, 1.165) is 31.5 Å². The molecule has 4 rings (SSSR count). The Morgan fingerprint density at radius 3 is 2.75 bits per heavy atom. The lowest BCUT2D eigenvalue weighted by molar-refractivity contribution is 0.0998. The summed E-state index contributed by atoms with van der Waals surface area (Å²) >= 11 is 0. The van der Waals surface area contributed by atoms with Gasteiger partial charge in [0.15, 0.2) is 5.78 Å².